The van der Waals surface area contributed by atoms with Crippen molar-refractivity contribution in [2.24, 2.45) is 7.05 Å². The van der Waals surface area contributed by atoms with Crippen LogP contribution in [0.3, 0.4) is 0 Å². The number of benzene rings is 1. The van der Waals surface area contributed by atoms with Gasteiger partial charge in [0.15, 0.2) is 0 Å². The number of carbonyl (C=O) groups excluding carboxylic acids is 1. The Labute approximate surface area is 94.6 Å². The second-order valence-corrected chi connectivity index (χ2v) is 3.89. The Bertz CT molecular complexity index is 540. The van der Waals surface area contributed by atoms with Crippen molar-refractivity contribution in [1.29, 1.82) is 0 Å². The summed E-state index contributed by atoms with van der Waals surface area (Å²) in [6.07, 6.45) is 1.82. The van der Waals surface area contributed by atoms with Crippen LogP contribution in [-0.2, 0) is 11.8 Å². The van der Waals surface area contributed by atoms with E-state index in [0.717, 1.165) is 16.5 Å². The molecule has 0 fully saturated rings. The predicted molar refractivity (Wildman–Crippen MR) is 63.6 cm³/mol. The average molecular weight is 217 g/mol. The number of nitrogens with zero attached hydrogens (tertiary/aromatic N) is 1. The van der Waals surface area contributed by atoms with Crippen LogP contribution in [0.4, 0.5) is 0 Å². The smallest absolute Gasteiger partial charge is 0.340 e. The maximum atomic E-state index is 11.7. The molecule has 0 aliphatic heterocycles. The molecule has 0 saturated heterocycles. The van der Waals surface area contributed by atoms with Crippen LogP contribution in [0.2, 0.25) is 0 Å². The second-order valence-electron chi connectivity index (χ2n) is 3.89. The quantitative estimate of drug-likeness (QED) is 0.724. The van der Waals surface area contributed by atoms with Crippen molar-refractivity contribution >= 4 is 16.9 Å². The van der Waals surface area contributed by atoms with Crippen LogP contribution < -0.4 is 0 Å². The van der Waals surface area contributed by atoms with Crippen molar-refractivity contribution in [3.8, 4) is 0 Å². The molecule has 3 heteroatoms. The third kappa shape index (κ3) is 1.69. The van der Waals surface area contributed by atoms with Crippen molar-refractivity contribution in [2.45, 2.75) is 13.8 Å². The van der Waals surface area contributed by atoms with Crippen molar-refractivity contribution in [2.75, 3.05) is 6.61 Å². The van der Waals surface area contributed by atoms with Gasteiger partial charge in [0.25, 0.3) is 0 Å². The van der Waals surface area contributed by atoms with Gasteiger partial charge in [-0.2, -0.15) is 0 Å². The van der Waals surface area contributed by atoms with E-state index in [1.165, 1.54) is 0 Å². The lowest BCUT2D eigenvalue weighted by atomic mass is 10.1. The first-order valence-corrected chi connectivity index (χ1v) is 5.36. The van der Waals surface area contributed by atoms with Gasteiger partial charge in [-0.15, -0.1) is 0 Å². The van der Waals surface area contributed by atoms with Gasteiger partial charge in [0, 0.05) is 24.1 Å². The minimum Gasteiger partial charge on any atom is -0.462 e. The standard InChI is InChI=1S/C13H15NO2/c1-4-16-13(15)11-8-14(3)12-6-5-9(2)7-10(11)12/h5-8H,4H2,1-3H3. The Morgan fingerprint density at radius 1 is 1.44 bits per heavy atom. The molecule has 0 atom stereocenters. The van der Waals surface area contributed by atoms with Crippen LogP contribution >= 0.6 is 0 Å². The predicted octanol–water partition coefficient (Wildman–Crippen LogP) is 2.66. The highest BCUT2D eigenvalue weighted by Gasteiger charge is 2.14. The number of rotatable bonds is 2. The summed E-state index contributed by atoms with van der Waals surface area (Å²) < 4.78 is 6.98. The van der Waals surface area contributed by atoms with E-state index in [-0.39, 0.29) is 5.97 Å². The van der Waals surface area contributed by atoms with Crippen LogP contribution in [0.5, 0.6) is 0 Å². The number of aromatic nitrogens is 1. The van der Waals surface area contributed by atoms with Gasteiger partial charge in [0.05, 0.1) is 12.2 Å². The molecule has 1 aromatic carbocycles. The molecule has 0 saturated carbocycles. The maximum absolute atomic E-state index is 11.7. The fourth-order valence-electron chi connectivity index (χ4n) is 1.88. The van der Waals surface area contributed by atoms with Crippen LogP contribution in [0.15, 0.2) is 24.4 Å². The molecular weight excluding hydrogens is 202 g/mol. The first kappa shape index (κ1) is 10.7. The molecule has 0 amide bonds. The van der Waals surface area contributed by atoms with Gasteiger partial charge in [-0.25, -0.2) is 4.79 Å². The highest BCUT2D eigenvalue weighted by Crippen LogP contribution is 2.22. The molecule has 3 nitrogen and oxygen atoms in total. The van der Waals surface area contributed by atoms with Crippen molar-refractivity contribution < 1.29 is 9.53 Å². The van der Waals surface area contributed by atoms with Gasteiger partial charge in [-0.3, -0.25) is 0 Å². The average Bonchev–Trinajstić information content (AvgIpc) is 2.56. The third-order valence-corrected chi connectivity index (χ3v) is 2.64. The summed E-state index contributed by atoms with van der Waals surface area (Å²) >= 11 is 0. The van der Waals surface area contributed by atoms with E-state index in [1.807, 2.05) is 49.9 Å². The number of aryl methyl sites for hydroxylation is 2. The Morgan fingerprint density at radius 2 is 2.19 bits per heavy atom. The largest absolute Gasteiger partial charge is 0.462 e. The number of esters is 1. The van der Waals surface area contributed by atoms with Crippen molar-refractivity contribution in [3.05, 3.63) is 35.5 Å². The molecule has 0 unspecified atom stereocenters. The summed E-state index contributed by atoms with van der Waals surface area (Å²) in [6.45, 7) is 4.23. The van der Waals surface area contributed by atoms with Crippen molar-refractivity contribution in [1.82, 2.24) is 4.57 Å². The highest BCUT2D eigenvalue weighted by atomic mass is 16.5. The summed E-state index contributed by atoms with van der Waals surface area (Å²) in [7, 11) is 1.93. The Kier molecular flexibility index (Phi) is 2.69. The molecule has 0 aliphatic rings. The van der Waals surface area contributed by atoms with E-state index >= 15 is 0 Å². The molecule has 0 bridgehead atoms. The number of fused-ring (bicyclic) bond motifs is 1. The maximum Gasteiger partial charge on any atom is 0.340 e. The first-order chi connectivity index (χ1) is 7.63. The van der Waals surface area contributed by atoms with E-state index in [4.69, 9.17) is 4.74 Å². The molecule has 2 aromatic rings. The molecule has 1 heterocycles. The first-order valence-electron chi connectivity index (χ1n) is 5.36. The molecule has 0 aliphatic carbocycles. The highest BCUT2D eigenvalue weighted by molar-refractivity contribution is 6.04. The lowest BCUT2D eigenvalue weighted by Crippen LogP contribution is -2.03. The molecule has 0 spiro atoms. The van der Waals surface area contributed by atoms with E-state index < -0.39 is 0 Å². The van der Waals surface area contributed by atoms with Crippen LogP contribution in [0, 0.1) is 6.92 Å². The van der Waals surface area contributed by atoms with E-state index in [0.29, 0.717) is 12.2 Å². The lowest BCUT2D eigenvalue weighted by Gasteiger charge is -2.00. The van der Waals surface area contributed by atoms with Gasteiger partial charge in [-0.1, -0.05) is 11.6 Å². The molecule has 2 rings (SSSR count). The number of hydrogen-bond donors (Lipinski definition) is 0. The number of carbonyl (C=O) groups is 1. The normalized spacial score (nSPS) is 10.7. The van der Waals surface area contributed by atoms with Crippen LogP contribution in [-0.4, -0.2) is 17.1 Å². The molecule has 0 radical (unpaired) electrons. The van der Waals surface area contributed by atoms with Crippen LogP contribution in [0.1, 0.15) is 22.8 Å². The second kappa shape index (κ2) is 4.00. The molecule has 0 N–H and O–H groups in total. The fourth-order valence-corrected chi connectivity index (χ4v) is 1.88. The SMILES string of the molecule is CCOC(=O)c1cn(C)c2ccc(C)cc12. The summed E-state index contributed by atoms with van der Waals surface area (Å²) in [5, 5.41) is 0.959. The Morgan fingerprint density at radius 3 is 2.88 bits per heavy atom. The minimum absolute atomic E-state index is 0.251. The summed E-state index contributed by atoms with van der Waals surface area (Å²) in [4.78, 5) is 11.7. The van der Waals surface area contributed by atoms with E-state index in [2.05, 4.69) is 0 Å². The monoisotopic (exact) mass is 217 g/mol. The van der Waals surface area contributed by atoms with Gasteiger partial charge >= 0.3 is 5.97 Å². The van der Waals surface area contributed by atoms with Gasteiger partial charge in [0.1, 0.15) is 0 Å². The zero-order valence-corrected chi connectivity index (χ0v) is 9.78. The molecule has 16 heavy (non-hydrogen) atoms. The van der Waals surface area contributed by atoms with Crippen molar-refractivity contribution in [3.63, 3.8) is 0 Å². The molecular formula is C13H15NO2. The Balaban J connectivity index is 2.61. The topological polar surface area (TPSA) is 31.2 Å². The van der Waals surface area contributed by atoms with E-state index in [1.54, 1.807) is 0 Å². The summed E-state index contributed by atoms with van der Waals surface area (Å²) in [5.74, 6) is -0.251. The number of ether oxygens (including phenoxy) is 1. The minimum atomic E-state index is -0.251. The van der Waals surface area contributed by atoms with E-state index in [9.17, 15) is 4.79 Å². The zero-order chi connectivity index (χ0) is 11.7. The van der Waals surface area contributed by atoms with Gasteiger partial charge < -0.3 is 9.30 Å². The Hall–Kier alpha value is -1.77. The molecule has 84 valence electrons. The summed E-state index contributed by atoms with van der Waals surface area (Å²) in [6, 6.07) is 6.08. The zero-order valence-electron chi connectivity index (χ0n) is 9.78. The summed E-state index contributed by atoms with van der Waals surface area (Å²) in [5.41, 5.74) is 2.83. The lowest BCUT2D eigenvalue weighted by molar-refractivity contribution is 0.0528. The number of hydrogen-bond acceptors (Lipinski definition) is 2. The fraction of sp³-hybridized carbons (Fsp3) is 0.308. The van der Waals surface area contributed by atoms with Gasteiger partial charge in [-0.05, 0) is 26.0 Å². The molecule has 1 aromatic heterocycles. The third-order valence-electron chi connectivity index (χ3n) is 2.64. The van der Waals surface area contributed by atoms with Gasteiger partial charge in [0.2, 0.25) is 0 Å². The van der Waals surface area contributed by atoms with Crippen LogP contribution in [0.25, 0.3) is 10.9 Å².